The van der Waals surface area contributed by atoms with Crippen molar-refractivity contribution < 1.29 is 27.4 Å². The van der Waals surface area contributed by atoms with E-state index in [2.05, 4.69) is 10.4 Å². The summed E-state index contributed by atoms with van der Waals surface area (Å²) in [5.74, 6) is 0.904. The van der Waals surface area contributed by atoms with Crippen LogP contribution in [0.15, 0.2) is 24.3 Å². The average Bonchev–Trinajstić information content (AvgIpc) is 3.16. The van der Waals surface area contributed by atoms with Crippen LogP contribution in [0.5, 0.6) is 11.5 Å². The van der Waals surface area contributed by atoms with Gasteiger partial charge in [-0.1, -0.05) is 6.07 Å². The van der Waals surface area contributed by atoms with E-state index in [0.29, 0.717) is 17.2 Å². The molecule has 1 N–H and O–H groups in total. The van der Waals surface area contributed by atoms with E-state index in [-0.39, 0.29) is 25.8 Å². The monoisotopic (exact) mass is 367 g/mol. The summed E-state index contributed by atoms with van der Waals surface area (Å²) in [4.78, 5) is 12.2. The van der Waals surface area contributed by atoms with Gasteiger partial charge in [0.25, 0.3) is 0 Å². The van der Waals surface area contributed by atoms with Gasteiger partial charge in [0.1, 0.15) is 6.54 Å². The number of aromatic nitrogens is 2. The number of fused-ring (bicyclic) bond motifs is 1. The van der Waals surface area contributed by atoms with Gasteiger partial charge in [-0.3, -0.25) is 9.48 Å². The summed E-state index contributed by atoms with van der Waals surface area (Å²) < 4.78 is 50.3. The second-order valence-corrected chi connectivity index (χ2v) is 6.35. The normalized spacial score (nSPS) is 16.0. The third-order valence-electron chi connectivity index (χ3n) is 4.32. The Bertz CT molecular complexity index is 844. The average molecular weight is 367 g/mol. The molecule has 2 aromatic rings. The summed E-state index contributed by atoms with van der Waals surface area (Å²) in [6.45, 7) is 0.157. The van der Waals surface area contributed by atoms with Crippen LogP contribution in [0.4, 0.5) is 13.2 Å². The predicted molar refractivity (Wildman–Crippen MR) is 83.6 cm³/mol. The molecule has 0 spiro atoms. The fourth-order valence-corrected chi connectivity index (χ4v) is 2.85. The van der Waals surface area contributed by atoms with E-state index in [1.165, 1.54) is 0 Å². The lowest BCUT2D eigenvalue weighted by Gasteiger charge is -2.09. The van der Waals surface area contributed by atoms with Gasteiger partial charge in [-0.15, -0.1) is 0 Å². The first-order valence-electron chi connectivity index (χ1n) is 8.20. The first-order valence-corrected chi connectivity index (χ1v) is 8.20. The molecule has 138 valence electrons. The van der Waals surface area contributed by atoms with E-state index in [1.54, 1.807) is 18.2 Å². The number of nitrogens with zero attached hydrogens (tertiary/aromatic N) is 2. The first kappa shape index (κ1) is 16.7. The second kappa shape index (κ2) is 6.22. The third-order valence-corrected chi connectivity index (χ3v) is 4.32. The van der Waals surface area contributed by atoms with Gasteiger partial charge >= 0.3 is 6.18 Å². The quantitative estimate of drug-likeness (QED) is 0.883. The number of hydrogen-bond acceptors (Lipinski definition) is 4. The fourth-order valence-electron chi connectivity index (χ4n) is 2.85. The van der Waals surface area contributed by atoms with Crippen LogP contribution in [0.25, 0.3) is 0 Å². The Kier molecular flexibility index (Phi) is 4.01. The topological polar surface area (TPSA) is 65.4 Å². The summed E-state index contributed by atoms with van der Waals surface area (Å²) >= 11 is 0. The van der Waals surface area contributed by atoms with Crippen LogP contribution in [-0.4, -0.2) is 22.5 Å². The molecule has 9 heteroatoms. The Hall–Kier alpha value is -2.71. The zero-order valence-electron chi connectivity index (χ0n) is 13.7. The van der Waals surface area contributed by atoms with E-state index < -0.39 is 17.8 Å². The van der Waals surface area contributed by atoms with Crippen molar-refractivity contribution >= 4 is 5.91 Å². The molecule has 1 aliphatic carbocycles. The molecule has 2 aliphatic rings. The minimum atomic E-state index is -4.52. The number of nitrogens with one attached hydrogen (secondary N) is 1. The number of halogens is 3. The summed E-state index contributed by atoms with van der Waals surface area (Å²) in [6, 6.07) is 6.34. The molecule has 1 saturated carbocycles. The number of amides is 1. The highest BCUT2D eigenvalue weighted by Gasteiger charge is 2.38. The van der Waals surface area contributed by atoms with E-state index >= 15 is 0 Å². The second-order valence-electron chi connectivity index (χ2n) is 6.35. The Morgan fingerprint density at radius 3 is 2.73 bits per heavy atom. The number of rotatable bonds is 5. The van der Waals surface area contributed by atoms with Crippen molar-refractivity contribution in [3.63, 3.8) is 0 Å². The van der Waals surface area contributed by atoms with Crippen LogP contribution in [-0.2, 0) is 24.1 Å². The fraction of sp³-hybridized carbons (Fsp3) is 0.412. The zero-order valence-corrected chi connectivity index (χ0v) is 13.7. The molecule has 0 atom stereocenters. The van der Waals surface area contributed by atoms with Gasteiger partial charge in [0.15, 0.2) is 17.2 Å². The van der Waals surface area contributed by atoms with Crippen molar-refractivity contribution in [2.75, 3.05) is 6.79 Å². The largest absolute Gasteiger partial charge is 0.454 e. The summed E-state index contributed by atoms with van der Waals surface area (Å²) in [7, 11) is 0. The van der Waals surface area contributed by atoms with Crippen LogP contribution < -0.4 is 14.8 Å². The van der Waals surface area contributed by atoms with Gasteiger partial charge < -0.3 is 14.8 Å². The summed E-state index contributed by atoms with van der Waals surface area (Å²) in [6.07, 6.45) is -2.87. The number of ether oxygens (including phenoxy) is 2. The molecule has 1 aromatic carbocycles. The Morgan fingerprint density at radius 1 is 1.23 bits per heavy atom. The molecule has 26 heavy (non-hydrogen) atoms. The van der Waals surface area contributed by atoms with Crippen molar-refractivity contribution in [2.45, 2.75) is 38.0 Å². The maximum absolute atomic E-state index is 12.9. The Balaban J connectivity index is 1.41. The molecule has 0 radical (unpaired) electrons. The standard InChI is InChI=1S/C17H16F3N3O3/c18-17(19,20)15-6-12(11-2-3-11)23(22-15)8-16(24)21-7-10-1-4-13-14(5-10)26-9-25-13/h1,4-6,11H,2-3,7-9H2,(H,21,24). The van der Waals surface area contributed by atoms with Gasteiger partial charge in [0, 0.05) is 18.2 Å². The zero-order chi connectivity index (χ0) is 18.3. The Labute approximate surface area is 146 Å². The minimum Gasteiger partial charge on any atom is -0.454 e. The lowest BCUT2D eigenvalue weighted by atomic mass is 10.2. The highest BCUT2D eigenvalue weighted by atomic mass is 19.4. The van der Waals surface area contributed by atoms with Crippen LogP contribution in [0.1, 0.15) is 35.7 Å². The number of carbonyl (C=O) groups excluding carboxylic acids is 1. The molecule has 0 bridgehead atoms. The van der Waals surface area contributed by atoms with Crippen molar-refractivity contribution in [1.29, 1.82) is 0 Å². The molecule has 1 aromatic heterocycles. The molecule has 0 unspecified atom stereocenters. The number of alkyl halides is 3. The lowest BCUT2D eigenvalue weighted by Crippen LogP contribution is -2.28. The van der Waals surface area contributed by atoms with Gasteiger partial charge in [-0.2, -0.15) is 18.3 Å². The van der Waals surface area contributed by atoms with Gasteiger partial charge in [0.2, 0.25) is 12.7 Å². The SMILES string of the molecule is O=C(Cn1nc(C(F)(F)F)cc1C1CC1)NCc1ccc2c(c1)OCO2. The lowest BCUT2D eigenvalue weighted by molar-refractivity contribution is -0.141. The first-order chi connectivity index (χ1) is 12.4. The maximum atomic E-state index is 12.9. The van der Waals surface area contributed by atoms with E-state index in [9.17, 15) is 18.0 Å². The third kappa shape index (κ3) is 3.47. The molecule has 0 saturated heterocycles. The smallest absolute Gasteiger partial charge is 0.435 e. The van der Waals surface area contributed by atoms with Gasteiger partial charge in [-0.05, 0) is 36.6 Å². The minimum absolute atomic E-state index is 0.0558. The molecular formula is C17H16F3N3O3. The predicted octanol–water partition coefficient (Wildman–Crippen LogP) is 2.82. The molecule has 1 amide bonds. The Morgan fingerprint density at radius 2 is 2.00 bits per heavy atom. The van der Waals surface area contributed by atoms with Crippen LogP contribution in [0, 0.1) is 0 Å². The summed E-state index contributed by atoms with van der Waals surface area (Å²) in [5.41, 5.74) is 0.319. The van der Waals surface area contributed by atoms with Crippen LogP contribution in [0.3, 0.4) is 0 Å². The van der Waals surface area contributed by atoms with E-state index in [4.69, 9.17) is 9.47 Å². The molecule has 6 nitrogen and oxygen atoms in total. The number of benzene rings is 1. The number of carbonyl (C=O) groups is 1. The van der Waals surface area contributed by atoms with Crippen LogP contribution in [0.2, 0.25) is 0 Å². The van der Waals surface area contributed by atoms with Crippen molar-refractivity contribution in [1.82, 2.24) is 15.1 Å². The molecule has 2 heterocycles. The number of hydrogen-bond donors (Lipinski definition) is 1. The summed E-state index contributed by atoms with van der Waals surface area (Å²) in [5, 5.41) is 6.28. The van der Waals surface area contributed by atoms with E-state index in [1.807, 2.05) is 0 Å². The highest BCUT2D eigenvalue weighted by Crippen LogP contribution is 2.42. The highest BCUT2D eigenvalue weighted by molar-refractivity contribution is 5.75. The van der Waals surface area contributed by atoms with Crippen molar-refractivity contribution in [3.05, 3.63) is 41.2 Å². The van der Waals surface area contributed by atoms with E-state index in [0.717, 1.165) is 29.2 Å². The van der Waals surface area contributed by atoms with Crippen molar-refractivity contribution in [2.24, 2.45) is 0 Å². The molecule has 1 fully saturated rings. The van der Waals surface area contributed by atoms with Gasteiger partial charge in [0.05, 0.1) is 0 Å². The van der Waals surface area contributed by atoms with Crippen molar-refractivity contribution in [3.8, 4) is 11.5 Å². The van der Waals surface area contributed by atoms with Crippen LogP contribution >= 0.6 is 0 Å². The molecule has 1 aliphatic heterocycles. The van der Waals surface area contributed by atoms with Gasteiger partial charge in [-0.25, -0.2) is 0 Å². The maximum Gasteiger partial charge on any atom is 0.435 e. The molecular weight excluding hydrogens is 351 g/mol. The molecule has 4 rings (SSSR count).